The lowest BCUT2D eigenvalue weighted by molar-refractivity contribution is -0.138. The van der Waals surface area contributed by atoms with Gasteiger partial charge >= 0.3 is 5.97 Å². The van der Waals surface area contributed by atoms with Crippen molar-refractivity contribution in [3.05, 3.63) is 95.1 Å². The monoisotopic (exact) mass is 481 g/mol. The molecule has 6 nitrogen and oxygen atoms in total. The van der Waals surface area contributed by atoms with Gasteiger partial charge in [-0.1, -0.05) is 61.4 Å². The van der Waals surface area contributed by atoms with E-state index in [4.69, 9.17) is 16.1 Å². The lowest BCUT2D eigenvalue weighted by atomic mass is 9.84. The fourth-order valence-corrected chi connectivity index (χ4v) is 5.01. The number of hydrogen-bond acceptors (Lipinski definition) is 4. The van der Waals surface area contributed by atoms with Crippen LogP contribution in [0.2, 0.25) is 0 Å². The van der Waals surface area contributed by atoms with Gasteiger partial charge in [-0.2, -0.15) is 5.26 Å². The zero-order valence-corrected chi connectivity index (χ0v) is 20.2. The van der Waals surface area contributed by atoms with Crippen molar-refractivity contribution < 1.29 is 14.7 Å². The van der Waals surface area contributed by atoms with Crippen LogP contribution in [0.1, 0.15) is 58.6 Å². The molecule has 0 radical (unpaired) electrons. The van der Waals surface area contributed by atoms with E-state index in [1.807, 2.05) is 24.3 Å². The molecule has 0 spiro atoms. The van der Waals surface area contributed by atoms with Crippen LogP contribution in [0, 0.1) is 17.2 Å². The quantitative estimate of drug-likeness (QED) is 0.403. The van der Waals surface area contributed by atoms with Crippen LogP contribution in [0.4, 0.5) is 0 Å². The van der Waals surface area contributed by atoms with Crippen molar-refractivity contribution in [2.24, 2.45) is 11.7 Å². The van der Waals surface area contributed by atoms with Crippen molar-refractivity contribution in [2.45, 2.75) is 44.1 Å². The first-order valence-electron chi connectivity index (χ1n) is 12.4. The number of carboxylic acids is 1. The average Bonchev–Trinajstić information content (AvgIpc) is 3.44. The van der Waals surface area contributed by atoms with Gasteiger partial charge in [0, 0.05) is 18.0 Å². The molecule has 6 heteroatoms. The molecule has 0 heterocycles. The lowest BCUT2D eigenvalue weighted by Crippen LogP contribution is -2.32. The van der Waals surface area contributed by atoms with Gasteiger partial charge in [-0.3, -0.25) is 9.59 Å². The van der Waals surface area contributed by atoms with Gasteiger partial charge in [0.1, 0.15) is 6.04 Å². The second kappa shape index (κ2) is 11.7. The summed E-state index contributed by atoms with van der Waals surface area (Å²) in [5.74, 6) is -0.411. The predicted octanol–water partition coefficient (Wildman–Crippen LogP) is 4.88. The van der Waals surface area contributed by atoms with Crippen LogP contribution in [0.15, 0.2) is 72.8 Å². The second-order valence-electron chi connectivity index (χ2n) is 9.52. The van der Waals surface area contributed by atoms with Crippen LogP contribution in [-0.4, -0.2) is 29.6 Å². The number of hydrogen-bond donors (Lipinski definition) is 3. The third kappa shape index (κ3) is 6.18. The van der Waals surface area contributed by atoms with Gasteiger partial charge in [0.2, 0.25) is 0 Å². The van der Waals surface area contributed by atoms with Gasteiger partial charge in [0.15, 0.2) is 0 Å². The number of benzene rings is 3. The van der Waals surface area contributed by atoms with E-state index in [1.165, 1.54) is 18.4 Å². The number of amides is 1. The summed E-state index contributed by atoms with van der Waals surface area (Å²) in [5.41, 5.74) is 11.0. The van der Waals surface area contributed by atoms with E-state index in [-0.39, 0.29) is 18.2 Å². The Labute approximate surface area is 211 Å². The molecule has 2 atom stereocenters. The van der Waals surface area contributed by atoms with E-state index in [0.29, 0.717) is 23.6 Å². The fourth-order valence-electron chi connectivity index (χ4n) is 5.01. The van der Waals surface area contributed by atoms with Crippen molar-refractivity contribution in [1.29, 1.82) is 5.26 Å². The lowest BCUT2D eigenvalue weighted by Gasteiger charge is -2.25. The minimum atomic E-state index is -1.04. The molecule has 1 aliphatic rings. The summed E-state index contributed by atoms with van der Waals surface area (Å²) in [6, 6.07) is 24.3. The molecule has 1 aliphatic carbocycles. The van der Waals surface area contributed by atoms with Gasteiger partial charge < -0.3 is 16.2 Å². The van der Waals surface area contributed by atoms with E-state index in [1.54, 1.807) is 24.3 Å². The molecule has 3 aromatic carbocycles. The highest BCUT2D eigenvalue weighted by Gasteiger charge is 2.27. The van der Waals surface area contributed by atoms with Crippen molar-refractivity contribution in [3.63, 3.8) is 0 Å². The van der Waals surface area contributed by atoms with Gasteiger partial charge in [0.25, 0.3) is 5.91 Å². The number of rotatable bonds is 9. The Kier molecular flexibility index (Phi) is 8.14. The molecule has 0 aromatic heterocycles. The molecule has 1 saturated carbocycles. The SMILES string of the molecule is N#Cc1ccc(-c2ccc([C@H](CNC(=O)c3ccc(C[C@H](N)C(=O)O)cc3)C3CCCC3)cc2)cc1. The Hall–Kier alpha value is -3.95. The number of carbonyl (C=O) groups is 2. The number of nitrogens with two attached hydrogens (primary N) is 1. The highest BCUT2D eigenvalue weighted by Crippen LogP contribution is 2.37. The van der Waals surface area contributed by atoms with Crippen LogP contribution >= 0.6 is 0 Å². The number of carbonyl (C=O) groups excluding carboxylic acids is 1. The summed E-state index contributed by atoms with van der Waals surface area (Å²) in [6.45, 7) is 0.561. The number of aliphatic carboxylic acids is 1. The van der Waals surface area contributed by atoms with E-state index >= 15 is 0 Å². The van der Waals surface area contributed by atoms with Crippen LogP contribution in [0.25, 0.3) is 11.1 Å². The van der Waals surface area contributed by atoms with Crippen LogP contribution in [0.5, 0.6) is 0 Å². The van der Waals surface area contributed by atoms with Crippen molar-refractivity contribution in [3.8, 4) is 17.2 Å². The van der Waals surface area contributed by atoms with Crippen LogP contribution in [0.3, 0.4) is 0 Å². The number of nitriles is 1. The molecule has 0 aliphatic heterocycles. The van der Waals surface area contributed by atoms with Crippen molar-refractivity contribution in [1.82, 2.24) is 5.32 Å². The van der Waals surface area contributed by atoms with Crippen molar-refractivity contribution in [2.75, 3.05) is 6.54 Å². The Morgan fingerprint density at radius 2 is 1.53 bits per heavy atom. The van der Waals surface area contributed by atoms with Gasteiger partial charge in [-0.05, 0) is 71.7 Å². The van der Waals surface area contributed by atoms with Crippen LogP contribution < -0.4 is 11.1 Å². The zero-order valence-electron chi connectivity index (χ0n) is 20.2. The van der Waals surface area contributed by atoms with E-state index in [2.05, 4.69) is 35.7 Å². The fraction of sp³-hybridized carbons (Fsp3) is 0.300. The number of nitrogens with zero attached hydrogens (tertiary/aromatic N) is 1. The minimum Gasteiger partial charge on any atom is -0.480 e. The predicted molar refractivity (Wildman–Crippen MR) is 139 cm³/mol. The minimum absolute atomic E-state index is 0.138. The summed E-state index contributed by atoms with van der Waals surface area (Å²) in [6.07, 6.45) is 4.99. The van der Waals surface area contributed by atoms with Crippen LogP contribution in [-0.2, 0) is 11.2 Å². The summed E-state index contributed by atoms with van der Waals surface area (Å²) >= 11 is 0. The maximum absolute atomic E-state index is 12.9. The van der Waals surface area contributed by atoms with Crippen molar-refractivity contribution >= 4 is 11.9 Å². The molecular formula is C30H31N3O3. The average molecular weight is 482 g/mol. The molecular weight excluding hydrogens is 450 g/mol. The Bertz CT molecular complexity index is 1220. The van der Waals surface area contributed by atoms with E-state index in [0.717, 1.165) is 29.5 Å². The summed E-state index contributed by atoms with van der Waals surface area (Å²) in [5, 5.41) is 21.1. The smallest absolute Gasteiger partial charge is 0.320 e. The third-order valence-corrected chi connectivity index (χ3v) is 7.13. The molecule has 0 saturated heterocycles. The first-order valence-corrected chi connectivity index (χ1v) is 12.4. The van der Waals surface area contributed by atoms with E-state index in [9.17, 15) is 9.59 Å². The Morgan fingerprint density at radius 3 is 2.08 bits per heavy atom. The second-order valence-corrected chi connectivity index (χ2v) is 9.52. The molecule has 0 bridgehead atoms. The molecule has 4 N–H and O–H groups in total. The zero-order chi connectivity index (χ0) is 25.5. The largest absolute Gasteiger partial charge is 0.480 e. The summed E-state index contributed by atoms with van der Waals surface area (Å²) in [7, 11) is 0. The Balaban J connectivity index is 1.43. The normalized spacial score (nSPS) is 15.1. The van der Waals surface area contributed by atoms with E-state index < -0.39 is 12.0 Å². The van der Waals surface area contributed by atoms with Gasteiger partial charge in [-0.15, -0.1) is 0 Å². The maximum atomic E-state index is 12.9. The molecule has 1 amide bonds. The number of nitrogens with one attached hydrogen (secondary N) is 1. The highest BCUT2D eigenvalue weighted by atomic mass is 16.4. The molecule has 4 rings (SSSR count). The first kappa shape index (κ1) is 25.2. The van der Waals surface area contributed by atoms with Gasteiger partial charge in [0.05, 0.1) is 11.6 Å². The molecule has 36 heavy (non-hydrogen) atoms. The third-order valence-electron chi connectivity index (χ3n) is 7.13. The maximum Gasteiger partial charge on any atom is 0.320 e. The highest BCUT2D eigenvalue weighted by molar-refractivity contribution is 5.94. The summed E-state index contributed by atoms with van der Waals surface area (Å²) in [4.78, 5) is 23.8. The molecule has 1 fully saturated rings. The summed E-state index contributed by atoms with van der Waals surface area (Å²) < 4.78 is 0. The topological polar surface area (TPSA) is 116 Å². The van der Waals surface area contributed by atoms with Gasteiger partial charge in [-0.25, -0.2) is 0 Å². The number of carboxylic acid groups (broad SMARTS) is 1. The molecule has 0 unspecified atom stereocenters. The first-order chi connectivity index (χ1) is 17.4. The standard InChI is InChI=1S/C30H31N3O3/c31-18-21-7-9-22(10-8-21)23-13-15-25(16-14-23)27(24-3-1-2-4-24)19-33-29(34)26-11-5-20(6-12-26)17-28(32)30(35)36/h5-16,24,27-28H,1-4,17,19,32H2,(H,33,34)(H,35,36)/t27-,28+/m1/s1. The molecule has 3 aromatic rings. The Morgan fingerprint density at radius 1 is 0.944 bits per heavy atom. The molecule has 184 valence electrons.